The van der Waals surface area contributed by atoms with Crippen LogP contribution in [0.25, 0.3) is 10.9 Å². The number of nitrogens with one attached hydrogen (secondary N) is 1. The number of carbonyl (C=O) groups is 1. The van der Waals surface area contributed by atoms with Gasteiger partial charge in [0.2, 0.25) is 0 Å². The van der Waals surface area contributed by atoms with Crippen LogP contribution < -0.4 is 0 Å². The third kappa shape index (κ3) is 4.20. The number of amides is 1. The number of aryl methyl sites for hydroxylation is 1. The van der Waals surface area contributed by atoms with Crippen molar-refractivity contribution in [1.29, 1.82) is 0 Å². The zero-order valence-electron chi connectivity index (χ0n) is 16.9. The Labute approximate surface area is 191 Å². The van der Waals surface area contributed by atoms with Gasteiger partial charge < -0.3 is 19.7 Å². The van der Waals surface area contributed by atoms with E-state index in [9.17, 15) is 23.1 Å². The first-order valence-electron chi connectivity index (χ1n) is 9.81. The largest absolute Gasteiger partial charge is 0.416 e. The van der Waals surface area contributed by atoms with E-state index in [0.717, 1.165) is 12.1 Å². The van der Waals surface area contributed by atoms with Crippen molar-refractivity contribution in [3.63, 3.8) is 0 Å². The minimum atomic E-state index is -4.50. The van der Waals surface area contributed by atoms with Crippen LogP contribution in [0, 0.1) is 6.92 Å². The molecule has 0 bridgehead atoms. The van der Waals surface area contributed by atoms with Gasteiger partial charge in [-0.15, -0.1) is 0 Å². The number of aliphatic hydroxyl groups excluding tert-OH is 1. The van der Waals surface area contributed by atoms with Gasteiger partial charge in [-0.2, -0.15) is 13.2 Å². The Morgan fingerprint density at radius 2 is 1.88 bits per heavy atom. The number of halogens is 5. The number of fused-ring (bicyclic) bond motifs is 1. The summed E-state index contributed by atoms with van der Waals surface area (Å²) in [5, 5.41) is 11.7. The average molecular weight is 487 g/mol. The molecule has 1 aliphatic rings. The summed E-state index contributed by atoms with van der Waals surface area (Å²) < 4.78 is 44.8. The molecule has 0 aliphatic carbocycles. The lowest BCUT2D eigenvalue weighted by atomic mass is 10.0. The highest BCUT2D eigenvalue weighted by atomic mass is 35.5. The van der Waals surface area contributed by atoms with Gasteiger partial charge >= 0.3 is 6.18 Å². The highest BCUT2D eigenvalue weighted by Gasteiger charge is 2.32. The first-order valence-corrected chi connectivity index (χ1v) is 10.6. The Kier molecular flexibility index (Phi) is 6.15. The van der Waals surface area contributed by atoms with Crippen LogP contribution in [0.4, 0.5) is 13.2 Å². The number of hydrogen-bond acceptors (Lipinski definition) is 3. The molecule has 5 nitrogen and oxygen atoms in total. The van der Waals surface area contributed by atoms with E-state index in [2.05, 4.69) is 4.98 Å². The van der Waals surface area contributed by atoms with Gasteiger partial charge in [0, 0.05) is 40.3 Å². The van der Waals surface area contributed by atoms with Crippen molar-refractivity contribution < 1.29 is 27.8 Å². The van der Waals surface area contributed by atoms with Crippen molar-refractivity contribution in [1.82, 2.24) is 9.88 Å². The van der Waals surface area contributed by atoms with E-state index in [4.69, 9.17) is 27.9 Å². The smallest absolute Gasteiger partial charge is 0.382 e. The van der Waals surface area contributed by atoms with Crippen LogP contribution in [0.15, 0.2) is 30.3 Å². The average Bonchev–Trinajstić information content (AvgIpc) is 3.18. The molecule has 0 saturated carbocycles. The summed E-state index contributed by atoms with van der Waals surface area (Å²) >= 11 is 12.8. The van der Waals surface area contributed by atoms with E-state index in [1.54, 1.807) is 17.9 Å². The molecule has 10 heteroatoms. The van der Waals surface area contributed by atoms with Gasteiger partial charge in [-0.25, -0.2) is 0 Å². The summed E-state index contributed by atoms with van der Waals surface area (Å²) in [6.45, 7) is 3.22. The molecular weight excluding hydrogens is 468 g/mol. The number of carbonyl (C=O) groups excluding carboxylic acids is 1. The number of ether oxygens (including phenoxy) is 1. The number of morpholine rings is 1. The van der Waals surface area contributed by atoms with Crippen molar-refractivity contribution in [2.24, 2.45) is 0 Å². The number of aromatic amines is 1. The predicted octanol–water partition coefficient (Wildman–Crippen LogP) is 5.36. The molecule has 1 amide bonds. The lowest BCUT2D eigenvalue weighted by Gasteiger charge is -2.27. The van der Waals surface area contributed by atoms with Gasteiger partial charge in [0.1, 0.15) is 6.10 Å². The summed E-state index contributed by atoms with van der Waals surface area (Å²) in [5.41, 5.74) is 0.324. The molecule has 0 radical (unpaired) electrons. The van der Waals surface area contributed by atoms with Crippen molar-refractivity contribution >= 4 is 40.0 Å². The molecule has 1 unspecified atom stereocenters. The molecule has 4 rings (SSSR count). The SMILES string of the molecule is Cc1cc(C(F)(F)F)cc2[nH]c(C(O)c3c(Cl)ccc(C(=O)N4CCOCC4)c3Cl)cc12. The van der Waals surface area contributed by atoms with E-state index in [1.165, 1.54) is 12.1 Å². The molecule has 32 heavy (non-hydrogen) atoms. The van der Waals surface area contributed by atoms with Gasteiger partial charge in [0.15, 0.2) is 0 Å². The highest BCUT2D eigenvalue weighted by Crippen LogP contribution is 2.39. The summed E-state index contributed by atoms with van der Waals surface area (Å²) in [6.07, 6.45) is -5.88. The lowest BCUT2D eigenvalue weighted by Crippen LogP contribution is -2.40. The minimum Gasteiger partial charge on any atom is -0.382 e. The van der Waals surface area contributed by atoms with E-state index in [-0.39, 0.29) is 38.3 Å². The summed E-state index contributed by atoms with van der Waals surface area (Å²) in [4.78, 5) is 17.3. The standard InChI is InChI=1S/C22H19Cl2F3N2O3/c1-11-8-12(22(25,26)27)9-16-14(11)10-17(28-16)20(30)18-15(23)3-2-13(19(18)24)21(31)29-4-6-32-7-5-29/h2-3,8-10,20,28,30H,4-7H2,1H3. The number of rotatable bonds is 3. The van der Waals surface area contributed by atoms with Gasteiger partial charge in [-0.3, -0.25) is 4.79 Å². The second kappa shape index (κ2) is 8.59. The maximum atomic E-state index is 13.2. The van der Waals surface area contributed by atoms with Crippen LogP contribution in [-0.2, 0) is 10.9 Å². The van der Waals surface area contributed by atoms with Crippen LogP contribution in [0.5, 0.6) is 0 Å². The van der Waals surface area contributed by atoms with Crippen LogP contribution >= 0.6 is 23.2 Å². The van der Waals surface area contributed by atoms with E-state index < -0.39 is 17.8 Å². The van der Waals surface area contributed by atoms with Crippen LogP contribution in [0.1, 0.15) is 38.8 Å². The summed E-state index contributed by atoms with van der Waals surface area (Å²) in [6, 6.07) is 6.55. The summed E-state index contributed by atoms with van der Waals surface area (Å²) in [5.74, 6) is -0.314. The Morgan fingerprint density at radius 3 is 2.53 bits per heavy atom. The molecule has 170 valence electrons. The van der Waals surface area contributed by atoms with Gasteiger partial charge in [0.25, 0.3) is 5.91 Å². The first kappa shape index (κ1) is 22.9. The molecule has 2 N–H and O–H groups in total. The molecule has 2 aromatic carbocycles. The fraction of sp³-hybridized carbons (Fsp3) is 0.318. The predicted molar refractivity (Wildman–Crippen MR) is 115 cm³/mol. The second-order valence-corrected chi connectivity index (χ2v) is 8.39. The van der Waals surface area contributed by atoms with Gasteiger partial charge in [-0.05, 0) is 42.8 Å². The number of hydrogen-bond donors (Lipinski definition) is 2. The van der Waals surface area contributed by atoms with Gasteiger partial charge in [-0.1, -0.05) is 23.2 Å². The normalized spacial score (nSPS) is 15.9. The van der Waals surface area contributed by atoms with Crippen molar-refractivity contribution in [3.8, 4) is 0 Å². The van der Waals surface area contributed by atoms with Crippen molar-refractivity contribution in [2.45, 2.75) is 19.2 Å². The van der Waals surface area contributed by atoms with Crippen molar-refractivity contribution in [2.75, 3.05) is 26.3 Å². The highest BCUT2D eigenvalue weighted by molar-refractivity contribution is 6.38. The monoisotopic (exact) mass is 486 g/mol. The van der Waals surface area contributed by atoms with E-state index in [1.807, 2.05) is 0 Å². The van der Waals surface area contributed by atoms with E-state index >= 15 is 0 Å². The minimum absolute atomic E-state index is 0.00662. The maximum Gasteiger partial charge on any atom is 0.416 e. The van der Waals surface area contributed by atoms with Crippen LogP contribution in [-0.4, -0.2) is 47.2 Å². The van der Waals surface area contributed by atoms with Gasteiger partial charge in [0.05, 0.1) is 29.4 Å². The second-order valence-electron chi connectivity index (χ2n) is 7.61. The van der Waals surface area contributed by atoms with E-state index in [0.29, 0.717) is 37.3 Å². The third-order valence-corrected chi connectivity index (χ3v) is 6.25. The molecule has 3 aromatic rings. The third-order valence-electron chi connectivity index (χ3n) is 5.52. The molecule has 1 fully saturated rings. The molecule has 1 aromatic heterocycles. The summed E-state index contributed by atoms with van der Waals surface area (Å²) in [7, 11) is 0. The molecule has 1 atom stereocenters. The Morgan fingerprint density at radius 1 is 1.19 bits per heavy atom. The Hall–Kier alpha value is -2.26. The fourth-order valence-electron chi connectivity index (χ4n) is 3.83. The first-order chi connectivity index (χ1) is 15.1. The van der Waals surface area contributed by atoms with Crippen LogP contribution in [0.3, 0.4) is 0 Å². The zero-order valence-corrected chi connectivity index (χ0v) is 18.4. The maximum absolute atomic E-state index is 13.2. The number of H-pyrrole nitrogens is 1. The molecule has 2 heterocycles. The molecule has 0 spiro atoms. The molecule has 1 saturated heterocycles. The van der Waals surface area contributed by atoms with Crippen LogP contribution in [0.2, 0.25) is 10.0 Å². The zero-order chi connectivity index (χ0) is 23.2. The molecule has 1 aliphatic heterocycles. The number of nitrogens with zero attached hydrogens (tertiary/aromatic N) is 1. The number of alkyl halides is 3. The topological polar surface area (TPSA) is 65.6 Å². The quantitative estimate of drug-likeness (QED) is 0.523. The van der Waals surface area contributed by atoms with Crippen molar-refractivity contribution in [3.05, 3.63) is 68.3 Å². The number of aromatic nitrogens is 1. The Bertz CT molecular complexity index is 1190. The number of aliphatic hydroxyl groups is 1. The molecular formula is C22H19Cl2F3N2O3. The number of benzene rings is 2. The fourth-order valence-corrected chi connectivity index (χ4v) is 4.49. The Balaban J connectivity index is 1.74. The lowest BCUT2D eigenvalue weighted by molar-refractivity contribution is -0.137.